The summed E-state index contributed by atoms with van der Waals surface area (Å²) in [5, 5.41) is 9.31. The van der Waals surface area contributed by atoms with Gasteiger partial charge in [0.25, 0.3) is 0 Å². The highest BCUT2D eigenvalue weighted by molar-refractivity contribution is 5.25. The summed E-state index contributed by atoms with van der Waals surface area (Å²) in [5.41, 5.74) is 2.58. The van der Waals surface area contributed by atoms with Crippen molar-refractivity contribution in [1.29, 1.82) is 5.26 Å². The molecule has 0 aromatic heterocycles. The molecule has 5 rings (SSSR count). The fourth-order valence-electron chi connectivity index (χ4n) is 9.44. The lowest BCUT2D eigenvalue weighted by Gasteiger charge is -2.62. The maximum atomic E-state index is 9.31. The monoisotopic (exact) mass is 397 g/mol. The van der Waals surface area contributed by atoms with Crippen LogP contribution in [-0.4, -0.2) is 20.0 Å². The molecule has 0 amide bonds. The molecule has 0 bridgehead atoms. The summed E-state index contributed by atoms with van der Waals surface area (Å²) < 4.78 is 11.1. The fraction of sp³-hybridized carbons (Fsp3) is 0.885. The van der Waals surface area contributed by atoms with E-state index in [1.807, 2.05) is 6.08 Å². The number of rotatable bonds is 3. The lowest BCUT2D eigenvalue weighted by molar-refractivity contribution is -0.155. The van der Waals surface area contributed by atoms with Crippen molar-refractivity contribution < 1.29 is 9.47 Å². The third kappa shape index (κ3) is 3.04. The molecule has 3 heteroatoms. The first-order valence-electron chi connectivity index (χ1n) is 12.3. The van der Waals surface area contributed by atoms with Crippen molar-refractivity contribution >= 4 is 0 Å². The summed E-state index contributed by atoms with van der Waals surface area (Å²) in [6, 6.07) is 2.38. The van der Waals surface area contributed by atoms with Gasteiger partial charge in [-0.1, -0.05) is 12.5 Å². The molecule has 0 heterocycles. The zero-order chi connectivity index (χ0) is 20.1. The highest BCUT2D eigenvalue weighted by Gasteiger charge is 2.62. The van der Waals surface area contributed by atoms with Crippen LogP contribution in [0, 0.1) is 51.8 Å². The van der Waals surface area contributed by atoms with Gasteiger partial charge in [-0.05, 0) is 117 Å². The highest BCUT2D eigenvalue weighted by atomic mass is 16.7. The smallest absolute Gasteiger partial charge is 0.146 e. The van der Waals surface area contributed by atoms with Gasteiger partial charge in [0.05, 0.1) is 12.2 Å². The highest BCUT2D eigenvalue weighted by Crippen LogP contribution is 2.70. The normalized spacial score (nSPS) is 50.2. The Labute approximate surface area is 177 Å². The maximum Gasteiger partial charge on any atom is 0.146 e. The zero-order valence-corrected chi connectivity index (χ0v) is 18.5. The molecule has 5 aliphatic rings. The summed E-state index contributed by atoms with van der Waals surface area (Å²) >= 11 is 0. The van der Waals surface area contributed by atoms with E-state index in [0.29, 0.717) is 23.7 Å². The molecule has 5 aliphatic carbocycles. The van der Waals surface area contributed by atoms with Gasteiger partial charge in [-0.3, -0.25) is 0 Å². The molecule has 5 saturated carbocycles. The lowest BCUT2D eigenvalue weighted by Crippen LogP contribution is -2.55. The first-order valence-corrected chi connectivity index (χ1v) is 12.3. The van der Waals surface area contributed by atoms with Gasteiger partial charge in [-0.15, -0.1) is 0 Å². The average molecular weight is 398 g/mol. The van der Waals surface area contributed by atoms with Crippen LogP contribution in [0.2, 0.25) is 0 Å². The number of nitriles is 1. The Hall–Kier alpha value is -0.850. The number of fused-ring (bicyclic) bond motifs is 4. The molecule has 0 N–H and O–H groups in total. The Morgan fingerprint density at radius 3 is 2.79 bits per heavy atom. The summed E-state index contributed by atoms with van der Waals surface area (Å²) in [5.74, 6) is 4.35. The number of hydrogen-bond donors (Lipinski definition) is 0. The summed E-state index contributed by atoms with van der Waals surface area (Å²) in [6.45, 7) is 3.10. The number of hydrogen-bond acceptors (Lipinski definition) is 3. The van der Waals surface area contributed by atoms with Crippen LogP contribution in [0.3, 0.4) is 0 Å². The molecule has 0 aliphatic heterocycles. The van der Waals surface area contributed by atoms with Crippen molar-refractivity contribution in [3.63, 3.8) is 0 Å². The minimum atomic E-state index is 0.410. The summed E-state index contributed by atoms with van der Waals surface area (Å²) in [4.78, 5) is 0. The first-order chi connectivity index (χ1) is 14.1. The molecule has 160 valence electrons. The lowest BCUT2D eigenvalue weighted by atomic mass is 9.43. The van der Waals surface area contributed by atoms with Crippen molar-refractivity contribution in [1.82, 2.24) is 0 Å². The maximum absolute atomic E-state index is 9.31. The topological polar surface area (TPSA) is 42.2 Å². The van der Waals surface area contributed by atoms with Gasteiger partial charge >= 0.3 is 0 Å². The molecule has 0 aromatic rings. The molecular weight excluding hydrogens is 358 g/mol. The largest absolute Gasteiger partial charge is 0.359 e. The predicted octanol–water partition coefficient (Wildman–Crippen LogP) is 6.25. The number of ether oxygens (including phenoxy) is 2. The molecule has 3 unspecified atom stereocenters. The third-order valence-electron chi connectivity index (χ3n) is 10.6. The van der Waals surface area contributed by atoms with Gasteiger partial charge < -0.3 is 9.47 Å². The van der Waals surface area contributed by atoms with E-state index >= 15 is 0 Å². The fourth-order valence-corrected chi connectivity index (χ4v) is 9.44. The second-order valence-corrected chi connectivity index (χ2v) is 11.2. The molecular formula is C26H39NO2. The molecule has 0 radical (unpaired) electrons. The van der Waals surface area contributed by atoms with Gasteiger partial charge in [0, 0.05) is 13.2 Å². The van der Waals surface area contributed by atoms with Crippen LogP contribution in [0.5, 0.6) is 0 Å². The predicted molar refractivity (Wildman–Crippen MR) is 114 cm³/mol. The summed E-state index contributed by atoms with van der Waals surface area (Å²) in [7, 11) is 1.73. The van der Waals surface area contributed by atoms with Crippen LogP contribution in [0.15, 0.2) is 11.6 Å². The van der Waals surface area contributed by atoms with Crippen LogP contribution in [0.4, 0.5) is 0 Å². The van der Waals surface area contributed by atoms with Crippen LogP contribution in [-0.2, 0) is 9.47 Å². The van der Waals surface area contributed by atoms with Gasteiger partial charge in [-0.2, -0.15) is 5.26 Å². The number of nitrogens with zero attached hydrogens (tertiary/aromatic N) is 1. The van der Waals surface area contributed by atoms with E-state index in [-0.39, 0.29) is 0 Å². The molecule has 0 aromatic carbocycles. The minimum Gasteiger partial charge on any atom is -0.359 e. The van der Waals surface area contributed by atoms with E-state index in [2.05, 4.69) is 13.0 Å². The quantitative estimate of drug-likeness (QED) is 0.417. The van der Waals surface area contributed by atoms with Crippen LogP contribution < -0.4 is 0 Å². The molecule has 8 atom stereocenters. The molecule has 3 nitrogen and oxygen atoms in total. The van der Waals surface area contributed by atoms with E-state index in [4.69, 9.17) is 9.47 Å². The van der Waals surface area contributed by atoms with Crippen molar-refractivity contribution in [2.24, 2.45) is 40.4 Å². The van der Waals surface area contributed by atoms with Crippen LogP contribution in [0.1, 0.15) is 84.0 Å². The number of allylic oxidation sites excluding steroid dienone is 2. The van der Waals surface area contributed by atoms with Crippen molar-refractivity contribution in [2.75, 3.05) is 13.9 Å². The Bertz CT molecular complexity index is 695. The van der Waals surface area contributed by atoms with E-state index < -0.39 is 0 Å². The first kappa shape index (κ1) is 20.1. The van der Waals surface area contributed by atoms with Crippen LogP contribution >= 0.6 is 0 Å². The zero-order valence-electron chi connectivity index (χ0n) is 18.5. The molecule has 0 saturated heterocycles. The second-order valence-electron chi connectivity index (χ2n) is 11.2. The average Bonchev–Trinajstić information content (AvgIpc) is 3.13. The van der Waals surface area contributed by atoms with Crippen molar-refractivity contribution in [3.8, 4) is 6.07 Å². The third-order valence-corrected chi connectivity index (χ3v) is 10.6. The van der Waals surface area contributed by atoms with Crippen molar-refractivity contribution in [2.45, 2.75) is 90.1 Å². The van der Waals surface area contributed by atoms with Gasteiger partial charge in [0.1, 0.15) is 6.79 Å². The van der Waals surface area contributed by atoms with Gasteiger partial charge in [0.2, 0.25) is 0 Å². The van der Waals surface area contributed by atoms with Crippen LogP contribution in [0.25, 0.3) is 0 Å². The minimum absolute atomic E-state index is 0.410. The molecule has 29 heavy (non-hydrogen) atoms. The standard InChI is InChI=1S/C26H39NO2/c1-25-13-9-20(29-17-28-2)16-19(25)5-6-21-23(25)10-14-26-12-3-4-18(11-15-27)22(26)7-8-24(21)26/h11,19-24H,3-10,12-14,16-17H2,1-2H3/b18-11+/t19-,20+,21?,22+,23?,24?,25-,26+/m0/s1. The second kappa shape index (κ2) is 7.69. The number of methoxy groups -OCH3 is 1. The Morgan fingerprint density at radius 2 is 1.97 bits per heavy atom. The van der Waals surface area contributed by atoms with Crippen molar-refractivity contribution in [3.05, 3.63) is 11.6 Å². The van der Waals surface area contributed by atoms with E-state index in [0.717, 1.165) is 29.6 Å². The van der Waals surface area contributed by atoms with E-state index in [1.54, 1.807) is 7.11 Å². The van der Waals surface area contributed by atoms with E-state index in [9.17, 15) is 5.26 Å². The summed E-state index contributed by atoms with van der Waals surface area (Å²) in [6.07, 6.45) is 18.6. The van der Waals surface area contributed by atoms with E-state index in [1.165, 1.54) is 82.6 Å². The molecule has 1 spiro atoms. The SMILES string of the molecule is COCO[C@@H]1CC[C@]2(C)C3CC[C@]45CCC/C(=C\C#N)[C@H]4CCC5C3CC[C@H]2C1. The molecule has 5 fully saturated rings. The Morgan fingerprint density at radius 1 is 1.07 bits per heavy atom. The Kier molecular flexibility index (Phi) is 5.32. The Balaban J connectivity index is 1.36. The van der Waals surface area contributed by atoms with Gasteiger partial charge in [-0.25, -0.2) is 0 Å². The van der Waals surface area contributed by atoms with Gasteiger partial charge in [0.15, 0.2) is 0 Å².